The third-order valence-corrected chi connectivity index (χ3v) is 8.45. The normalized spacial score (nSPS) is 30.8. The Morgan fingerprint density at radius 1 is 1.20 bits per heavy atom. The maximum atomic E-state index is 12.0. The fraction of sp³-hybridized carbons (Fsp3) is 0.875. The van der Waals surface area contributed by atoms with Crippen molar-refractivity contribution in [1.29, 1.82) is 0 Å². The van der Waals surface area contributed by atoms with Gasteiger partial charge in [0.15, 0.2) is 9.84 Å². The summed E-state index contributed by atoms with van der Waals surface area (Å²) in [6.07, 6.45) is 4.62. The van der Waals surface area contributed by atoms with Crippen LogP contribution < -0.4 is 5.32 Å². The predicted molar refractivity (Wildman–Crippen MR) is 96.4 cm³/mol. The highest BCUT2D eigenvalue weighted by atomic mass is 32.2. The average Bonchev–Trinajstić information content (AvgIpc) is 3.21. The minimum Gasteiger partial charge on any atom is -0.480 e. The Labute approximate surface area is 152 Å². The van der Waals surface area contributed by atoms with Gasteiger partial charge in [0.05, 0.1) is 23.8 Å². The van der Waals surface area contributed by atoms with Gasteiger partial charge in [-0.05, 0) is 38.0 Å². The molecule has 25 heavy (non-hydrogen) atoms. The molecular weight excluding hydrogens is 364 g/mol. The second-order valence-corrected chi connectivity index (χ2v) is 11.0. The summed E-state index contributed by atoms with van der Waals surface area (Å²) in [5, 5.41) is 12.1. The Bertz CT molecular complexity index is 614. The number of carbonyl (C=O) groups excluding carboxylic acids is 1. The van der Waals surface area contributed by atoms with Crippen molar-refractivity contribution in [2.45, 2.75) is 49.4 Å². The van der Waals surface area contributed by atoms with Crippen LogP contribution in [0.4, 0.5) is 0 Å². The van der Waals surface area contributed by atoms with E-state index in [1.807, 2.05) is 4.90 Å². The van der Waals surface area contributed by atoms with E-state index in [4.69, 9.17) is 5.11 Å². The van der Waals surface area contributed by atoms with Crippen molar-refractivity contribution in [2.24, 2.45) is 5.92 Å². The molecule has 0 bridgehead atoms. The topological polar surface area (TPSA) is 104 Å². The summed E-state index contributed by atoms with van der Waals surface area (Å²) < 4.78 is 22.8. The van der Waals surface area contributed by atoms with E-state index < -0.39 is 15.8 Å². The Kier molecular flexibility index (Phi) is 5.95. The molecule has 0 radical (unpaired) electrons. The van der Waals surface area contributed by atoms with Gasteiger partial charge in [0.1, 0.15) is 0 Å². The lowest BCUT2D eigenvalue weighted by molar-refractivity contribution is -0.140. The van der Waals surface area contributed by atoms with Crippen molar-refractivity contribution < 1.29 is 23.1 Å². The van der Waals surface area contributed by atoms with Crippen molar-refractivity contribution in [3.8, 4) is 0 Å². The first-order chi connectivity index (χ1) is 11.8. The first-order valence-electron chi connectivity index (χ1n) is 8.88. The van der Waals surface area contributed by atoms with Crippen LogP contribution in [0.25, 0.3) is 0 Å². The summed E-state index contributed by atoms with van der Waals surface area (Å²) >= 11 is 1.42. The molecule has 7 nitrogen and oxygen atoms in total. The summed E-state index contributed by atoms with van der Waals surface area (Å²) in [4.78, 5) is 25.1. The largest absolute Gasteiger partial charge is 0.480 e. The first kappa shape index (κ1) is 19.0. The van der Waals surface area contributed by atoms with Crippen molar-refractivity contribution in [3.63, 3.8) is 0 Å². The van der Waals surface area contributed by atoms with Crippen molar-refractivity contribution in [2.75, 3.05) is 30.3 Å². The van der Waals surface area contributed by atoms with Gasteiger partial charge in [-0.25, -0.2) is 8.42 Å². The Morgan fingerprint density at radius 2 is 1.92 bits per heavy atom. The molecule has 3 rings (SSSR count). The number of carboxylic acids is 1. The third kappa shape index (κ3) is 5.86. The number of amides is 1. The van der Waals surface area contributed by atoms with Crippen LogP contribution in [0.1, 0.15) is 32.1 Å². The van der Waals surface area contributed by atoms with E-state index in [0.29, 0.717) is 18.1 Å². The van der Waals surface area contributed by atoms with Crippen LogP contribution in [0.15, 0.2) is 0 Å². The van der Waals surface area contributed by atoms with Gasteiger partial charge in [-0.2, -0.15) is 0 Å². The standard InChI is InChI=1S/C16H26N2O5S2/c19-15(9-24-14-3-4-25(22,23)10-14)17-12-5-13(6-12)18(8-16(20)21)7-11-1-2-11/h11-14H,1-10H2,(H,17,19)(H,20,21). The summed E-state index contributed by atoms with van der Waals surface area (Å²) in [6, 6.07) is 0.357. The minimum atomic E-state index is -2.90. The summed E-state index contributed by atoms with van der Waals surface area (Å²) in [5.41, 5.74) is 0. The molecule has 1 heterocycles. The Balaban J connectivity index is 1.34. The van der Waals surface area contributed by atoms with Crippen LogP contribution in [-0.4, -0.2) is 78.0 Å². The lowest BCUT2D eigenvalue weighted by atomic mass is 9.85. The van der Waals surface area contributed by atoms with Gasteiger partial charge < -0.3 is 10.4 Å². The minimum absolute atomic E-state index is 0.0366. The number of hydrogen-bond acceptors (Lipinski definition) is 6. The van der Waals surface area contributed by atoms with Crippen LogP contribution in [0.5, 0.6) is 0 Å². The van der Waals surface area contributed by atoms with Gasteiger partial charge in [0, 0.05) is 23.9 Å². The van der Waals surface area contributed by atoms with E-state index in [0.717, 1.165) is 19.4 Å². The highest BCUT2D eigenvalue weighted by Gasteiger charge is 2.38. The number of thioether (sulfide) groups is 1. The number of sulfone groups is 1. The number of hydrogen-bond donors (Lipinski definition) is 2. The molecule has 3 fully saturated rings. The number of nitrogens with one attached hydrogen (secondary N) is 1. The Hall–Kier alpha value is -0.800. The molecule has 142 valence electrons. The van der Waals surface area contributed by atoms with E-state index >= 15 is 0 Å². The van der Waals surface area contributed by atoms with E-state index in [1.165, 1.54) is 24.6 Å². The smallest absolute Gasteiger partial charge is 0.317 e. The second-order valence-electron chi connectivity index (χ2n) is 7.49. The zero-order valence-corrected chi connectivity index (χ0v) is 15.9. The lowest BCUT2D eigenvalue weighted by Crippen LogP contribution is -2.55. The van der Waals surface area contributed by atoms with Crippen molar-refractivity contribution >= 4 is 33.5 Å². The lowest BCUT2D eigenvalue weighted by Gasteiger charge is -2.42. The second kappa shape index (κ2) is 7.84. The van der Waals surface area contributed by atoms with Gasteiger partial charge >= 0.3 is 5.97 Å². The van der Waals surface area contributed by atoms with E-state index in [-0.39, 0.29) is 41.3 Å². The van der Waals surface area contributed by atoms with Gasteiger partial charge in [-0.15, -0.1) is 11.8 Å². The van der Waals surface area contributed by atoms with E-state index in [9.17, 15) is 18.0 Å². The molecular formula is C16H26N2O5S2. The molecule has 2 aliphatic carbocycles. The highest BCUT2D eigenvalue weighted by Crippen LogP contribution is 2.34. The SMILES string of the molecule is O=C(O)CN(CC1CC1)C1CC(NC(=O)CSC2CCS(=O)(=O)C2)C1. The summed E-state index contributed by atoms with van der Waals surface area (Å²) in [5.74, 6) is 0.508. The fourth-order valence-electron chi connectivity index (χ4n) is 3.51. The zero-order valence-electron chi connectivity index (χ0n) is 14.2. The fourth-order valence-corrected chi connectivity index (χ4v) is 6.96. The van der Waals surface area contributed by atoms with Gasteiger partial charge in [-0.3, -0.25) is 14.5 Å². The summed E-state index contributed by atoms with van der Waals surface area (Å²) in [7, 11) is -2.90. The molecule has 2 N–H and O–H groups in total. The zero-order chi connectivity index (χ0) is 18.0. The Morgan fingerprint density at radius 3 is 2.48 bits per heavy atom. The third-order valence-electron chi connectivity index (χ3n) is 5.16. The maximum absolute atomic E-state index is 12.0. The van der Waals surface area contributed by atoms with Crippen LogP contribution in [0, 0.1) is 5.92 Å². The van der Waals surface area contributed by atoms with Crippen molar-refractivity contribution in [3.05, 3.63) is 0 Å². The number of carboxylic acid groups (broad SMARTS) is 1. The molecule has 1 aliphatic heterocycles. The molecule has 9 heteroatoms. The van der Waals surface area contributed by atoms with Gasteiger partial charge in [0.2, 0.25) is 5.91 Å². The number of rotatable bonds is 9. The molecule has 1 atom stereocenters. The molecule has 0 aromatic carbocycles. The predicted octanol–water partition coefficient (Wildman–Crippen LogP) is 0.351. The molecule has 1 saturated heterocycles. The highest BCUT2D eigenvalue weighted by molar-refractivity contribution is 8.02. The van der Waals surface area contributed by atoms with Crippen LogP contribution >= 0.6 is 11.8 Å². The molecule has 0 spiro atoms. The van der Waals surface area contributed by atoms with Gasteiger partial charge in [0.25, 0.3) is 0 Å². The molecule has 1 amide bonds. The molecule has 1 unspecified atom stereocenters. The molecule has 0 aromatic heterocycles. The van der Waals surface area contributed by atoms with E-state index in [1.54, 1.807) is 0 Å². The molecule has 3 aliphatic rings. The van der Waals surface area contributed by atoms with Crippen LogP contribution in [-0.2, 0) is 19.4 Å². The quantitative estimate of drug-likeness (QED) is 0.585. The van der Waals surface area contributed by atoms with Crippen LogP contribution in [0.3, 0.4) is 0 Å². The number of aliphatic carboxylic acids is 1. The molecule has 2 saturated carbocycles. The van der Waals surface area contributed by atoms with Crippen LogP contribution in [0.2, 0.25) is 0 Å². The molecule has 0 aromatic rings. The number of carbonyl (C=O) groups is 2. The van der Waals surface area contributed by atoms with Gasteiger partial charge in [-0.1, -0.05) is 0 Å². The first-order valence-corrected chi connectivity index (χ1v) is 11.7. The van der Waals surface area contributed by atoms with Crippen molar-refractivity contribution in [1.82, 2.24) is 10.2 Å². The van der Waals surface area contributed by atoms with E-state index in [2.05, 4.69) is 5.32 Å². The average molecular weight is 391 g/mol. The number of nitrogens with zero attached hydrogens (tertiary/aromatic N) is 1. The maximum Gasteiger partial charge on any atom is 0.317 e. The monoisotopic (exact) mass is 390 g/mol. The summed E-state index contributed by atoms with van der Waals surface area (Å²) in [6.45, 7) is 0.928.